The number of nitrogens with zero attached hydrogens (tertiary/aromatic N) is 3. The predicted octanol–water partition coefficient (Wildman–Crippen LogP) is 9.68. The summed E-state index contributed by atoms with van der Waals surface area (Å²) in [6, 6.07) is 50.6. The van der Waals surface area contributed by atoms with E-state index >= 15 is 0 Å². The molecule has 3 heterocycles. The molecule has 2 unspecified atom stereocenters. The van der Waals surface area contributed by atoms with Gasteiger partial charge < -0.3 is 9.47 Å². The van der Waals surface area contributed by atoms with Gasteiger partial charge >= 0.3 is 0 Å². The summed E-state index contributed by atoms with van der Waals surface area (Å²) < 4.78 is 2.52. The lowest BCUT2D eigenvalue weighted by Gasteiger charge is -2.40. The van der Waals surface area contributed by atoms with Crippen LogP contribution in [0.5, 0.6) is 0 Å². The zero-order chi connectivity index (χ0) is 31.6. The summed E-state index contributed by atoms with van der Waals surface area (Å²) >= 11 is 0. The van der Waals surface area contributed by atoms with Gasteiger partial charge in [-0.15, -0.1) is 0 Å². The number of allylic oxidation sites excluding steroid dienone is 2. The fourth-order valence-electron chi connectivity index (χ4n) is 9.27. The van der Waals surface area contributed by atoms with E-state index in [0.717, 1.165) is 11.4 Å². The Labute approximate surface area is 279 Å². The first-order chi connectivity index (χ1) is 23.7. The highest BCUT2D eigenvalue weighted by atomic mass is 15.3. The van der Waals surface area contributed by atoms with E-state index in [9.17, 15) is 0 Å². The topological polar surface area (TPSA) is 20.5 Å². The molecular formula is C45H31N3. The summed E-state index contributed by atoms with van der Waals surface area (Å²) in [6.45, 7) is 0. The Morgan fingerprint density at radius 2 is 1.21 bits per heavy atom. The van der Waals surface area contributed by atoms with Gasteiger partial charge in [-0.3, -0.25) is 4.99 Å². The molecule has 1 aromatic heterocycles. The van der Waals surface area contributed by atoms with Crippen molar-refractivity contribution in [2.45, 2.75) is 17.5 Å². The number of para-hydroxylation sites is 2. The van der Waals surface area contributed by atoms with Crippen molar-refractivity contribution in [1.82, 2.24) is 9.47 Å². The maximum Gasteiger partial charge on any atom is 0.131 e. The third kappa shape index (κ3) is 3.16. The van der Waals surface area contributed by atoms with Gasteiger partial charge in [0.05, 0.1) is 34.2 Å². The third-order valence-corrected chi connectivity index (χ3v) is 11.3. The Balaban J connectivity index is 1.17. The van der Waals surface area contributed by atoms with Gasteiger partial charge in [-0.05, 0) is 62.7 Å². The molecular weight excluding hydrogens is 583 g/mol. The van der Waals surface area contributed by atoms with Gasteiger partial charge in [0.25, 0.3) is 0 Å². The molecule has 2 atom stereocenters. The highest BCUT2D eigenvalue weighted by molar-refractivity contribution is 6.13. The molecule has 0 bridgehead atoms. The molecule has 3 heteroatoms. The van der Waals surface area contributed by atoms with E-state index in [-0.39, 0.29) is 12.1 Å². The summed E-state index contributed by atoms with van der Waals surface area (Å²) in [5.74, 6) is 1.05. The van der Waals surface area contributed by atoms with Gasteiger partial charge in [-0.2, -0.15) is 0 Å². The molecule has 3 nitrogen and oxygen atoms in total. The molecule has 1 spiro atoms. The largest absolute Gasteiger partial charge is 0.351 e. The molecule has 0 fully saturated rings. The minimum absolute atomic E-state index is 0.183. The van der Waals surface area contributed by atoms with Crippen LogP contribution < -0.4 is 0 Å². The van der Waals surface area contributed by atoms with E-state index in [4.69, 9.17) is 4.99 Å². The van der Waals surface area contributed by atoms with E-state index in [1.807, 2.05) is 0 Å². The summed E-state index contributed by atoms with van der Waals surface area (Å²) in [5.41, 5.74) is 15.0. The number of benzene rings is 6. The molecule has 4 aliphatic rings. The van der Waals surface area contributed by atoms with Crippen molar-refractivity contribution in [3.8, 4) is 27.9 Å². The zero-order valence-electron chi connectivity index (χ0n) is 26.5. The summed E-state index contributed by atoms with van der Waals surface area (Å²) in [6.07, 6.45) is 8.68. The second-order valence-electron chi connectivity index (χ2n) is 13.5. The van der Waals surface area contributed by atoms with Crippen LogP contribution in [0.15, 0.2) is 163 Å². The zero-order valence-corrected chi connectivity index (χ0v) is 26.5. The summed E-state index contributed by atoms with van der Waals surface area (Å²) in [5, 5.41) is 2.60. The first-order valence-corrected chi connectivity index (χ1v) is 16.9. The van der Waals surface area contributed by atoms with E-state index in [0.29, 0.717) is 0 Å². The number of fused-ring (bicyclic) bond motifs is 13. The Hall–Kier alpha value is -5.93. The Morgan fingerprint density at radius 3 is 2.00 bits per heavy atom. The van der Waals surface area contributed by atoms with Crippen LogP contribution in [0, 0.1) is 0 Å². The molecule has 7 aromatic rings. The lowest BCUT2D eigenvalue weighted by atomic mass is 9.65. The van der Waals surface area contributed by atoms with Crippen LogP contribution in [0.2, 0.25) is 0 Å². The minimum Gasteiger partial charge on any atom is -0.351 e. The molecule has 2 aliphatic carbocycles. The minimum atomic E-state index is -0.443. The number of hydrogen-bond donors (Lipinski definition) is 0. The van der Waals surface area contributed by atoms with Crippen molar-refractivity contribution >= 4 is 27.6 Å². The molecule has 0 saturated carbocycles. The number of hydrogen-bond acceptors (Lipinski definition) is 2. The van der Waals surface area contributed by atoms with Crippen LogP contribution in [0.4, 0.5) is 0 Å². The van der Waals surface area contributed by atoms with Gasteiger partial charge in [0.2, 0.25) is 0 Å². The van der Waals surface area contributed by atoms with Gasteiger partial charge in [-0.25, -0.2) is 0 Å². The molecule has 2 aliphatic heterocycles. The third-order valence-electron chi connectivity index (χ3n) is 11.3. The van der Waals surface area contributed by atoms with Crippen LogP contribution in [-0.4, -0.2) is 34.4 Å². The molecule has 48 heavy (non-hydrogen) atoms. The average Bonchev–Trinajstić information content (AvgIpc) is 3.78. The average molecular weight is 614 g/mol. The van der Waals surface area contributed by atoms with Crippen molar-refractivity contribution in [1.29, 1.82) is 0 Å². The van der Waals surface area contributed by atoms with Crippen LogP contribution in [-0.2, 0) is 5.41 Å². The van der Waals surface area contributed by atoms with Gasteiger partial charge in [0.1, 0.15) is 5.84 Å². The van der Waals surface area contributed by atoms with E-state index in [2.05, 4.69) is 174 Å². The maximum atomic E-state index is 5.07. The molecule has 0 saturated heterocycles. The number of aliphatic imine (C=N–C) groups is 1. The molecule has 0 radical (unpaired) electrons. The van der Waals surface area contributed by atoms with Gasteiger partial charge in [0.15, 0.2) is 0 Å². The first kappa shape index (κ1) is 26.2. The monoisotopic (exact) mass is 613 g/mol. The SMILES string of the molecule is CN1C(c2ccc(-c3ccc4c(c3)C3(c5ccccc5-c5ccccc53)c3cccc5c6ccccc6n-4c35)cc2)=NC2C=CC=CC21. The second kappa shape index (κ2) is 9.33. The molecule has 0 amide bonds. The normalized spacial score (nSPS) is 19.0. The van der Waals surface area contributed by atoms with Crippen LogP contribution in [0.25, 0.3) is 49.7 Å². The van der Waals surface area contributed by atoms with E-state index in [1.165, 1.54) is 72.0 Å². The smallest absolute Gasteiger partial charge is 0.131 e. The lowest BCUT2D eigenvalue weighted by Crippen LogP contribution is -2.35. The maximum absolute atomic E-state index is 5.07. The Bertz CT molecular complexity index is 2550. The molecule has 0 N–H and O–H groups in total. The fourth-order valence-corrected chi connectivity index (χ4v) is 9.27. The Morgan fingerprint density at radius 1 is 0.562 bits per heavy atom. The highest BCUT2D eigenvalue weighted by Gasteiger charge is 2.50. The quantitative estimate of drug-likeness (QED) is 0.190. The highest BCUT2D eigenvalue weighted by Crippen LogP contribution is 2.61. The van der Waals surface area contributed by atoms with Gasteiger partial charge in [-0.1, -0.05) is 140 Å². The van der Waals surface area contributed by atoms with Crippen LogP contribution >= 0.6 is 0 Å². The van der Waals surface area contributed by atoms with Gasteiger partial charge in [0, 0.05) is 23.4 Å². The number of aromatic nitrogens is 1. The van der Waals surface area contributed by atoms with Crippen molar-refractivity contribution in [3.63, 3.8) is 0 Å². The number of rotatable bonds is 2. The van der Waals surface area contributed by atoms with Crippen molar-refractivity contribution in [3.05, 3.63) is 186 Å². The molecule has 11 rings (SSSR count). The first-order valence-electron chi connectivity index (χ1n) is 16.9. The van der Waals surface area contributed by atoms with E-state index in [1.54, 1.807) is 0 Å². The van der Waals surface area contributed by atoms with Crippen molar-refractivity contribution < 1.29 is 0 Å². The number of likely N-dealkylation sites (N-methyl/N-ethyl adjacent to an activating group) is 1. The molecule has 226 valence electrons. The Kier molecular flexibility index (Phi) is 5.09. The fraction of sp³-hybridized carbons (Fsp3) is 0.0889. The number of amidine groups is 1. The van der Waals surface area contributed by atoms with Crippen molar-refractivity contribution in [2.24, 2.45) is 4.99 Å². The lowest BCUT2D eigenvalue weighted by molar-refractivity contribution is 0.437. The van der Waals surface area contributed by atoms with E-state index < -0.39 is 5.41 Å². The predicted molar refractivity (Wildman–Crippen MR) is 197 cm³/mol. The summed E-state index contributed by atoms with van der Waals surface area (Å²) in [7, 11) is 2.15. The summed E-state index contributed by atoms with van der Waals surface area (Å²) in [4.78, 5) is 7.38. The second-order valence-corrected chi connectivity index (χ2v) is 13.5. The molecule has 6 aromatic carbocycles. The standard InChI is InChI=1S/C45H31N3/c1-47-42-20-9-7-18-39(42)46-44(47)29-23-21-28(22-24-29)30-25-26-41-38(27-30)45(35-15-5-2-11-31(35)32-12-3-6-16-36(32)45)37-17-10-14-34-33-13-4-8-19-40(33)48(41)43(34)37/h2-27,39,42H,1H3. The van der Waals surface area contributed by atoms with Crippen molar-refractivity contribution in [2.75, 3.05) is 7.05 Å². The van der Waals surface area contributed by atoms with Crippen LogP contribution in [0.3, 0.4) is 0 Å². The van der Waals surface area contributed by atoms with Crippen LogP contribution in [0.1, 0.15) is 27.8 Å².